The van der Waals surface area contributed by atoms with Crippen molar-refractivity contribution < 1.29 is 13.9 Å². The van der Waals surface area contributed by atoms with Gasteiger partial charge in [0.1, 0.15) is 11.3 Å². The van der Waals surface area contributed by atoms with Crippen LogP contribution in [0, 0.1) is 0 Å². The van der Waals surface area contributed by atoms with Gasteiger partial charge >= 0.3 is 0 Å². The second-order valence-corrected chi connectivity index (χ2v) is 5.37. The van der Waals surface area contributed by atoms with Gasteiger partial charge in [0.05, 0.1) is 32.0 Å². The molecule has 0 saturated carbocycles. The summed E-state index contributed by atoms with van der Waals surface area (Å²) in [7, 11) is 3.39. The Morgan fingerprint density at radius 2 is 2.17 bits per heavy atom. The summed E-state index contributed by atoms with van der Waals surface area (Å²) in [6.45, 7) is 0.489. The van der Waals surface area contributed by atoms with Crippen LogP contribution < -0.4 is 4.74 Å². The van der Waals surface area contributed by atoms with Crippen molar-refractivity contribution in [3.63, 3.8) is 0 Å². The Labute approximate surface area is 134 Å². The number of pyridine rings is 1. The van der Waals surface area contributed by atoms with Crippen molar-refractivity contribution in [1.29, 1.82) is 0 Å². The predicted octanol–water partition coefficient (Wildman–Crippen LogP) is 3.04. The Hall–Kier alpha value is -2.82. The Balaban J connectivity index is 1.72. The summed E-state index contributed by atoms with van der Waals surface area (Å²) in [5.74, 6) is 0.756. The minimum absolute atomic E-state index is 0.0224. The van der Waals surface area contributed by atoms with Gasteiger partial charge in [0.25, 0.3) is 0 Å². The first-order chi connectivity index (χ1) is 11.2. The number of furan rings is 1. The van der Waals surface area contributed by atoms with E-state index in [0.29, 0.717) is 13.0 Å². The summed E-state index contributed by atoms with van der Waals surface area (Å²) in [4.78, 5) is 18.3. The van der Waals surface area contributed by atoms with E-state index in [0.717, 1.165) is 28.0 Å². The van der Waals surface area contributed by atoms with Crippen LogP contribution >= 0.6 is 0 Å². The van der Waals surface area contributed by atoms with Crippen LogP contribution in [0.5, 0.6) is 5.75 Å². The Morgan fingerprint density at radius 3 is 2.91 bits per heavy atom. The first kappa shape index (κ1) is 15.1. The number of hydrogen-bond donors (Lipinski definition) is 0. The maximum absolute atomic E-state index is 12.4. The Kier molecular flexibility index (Phi) is 4.28. The number of carbonyl (C=O) groups excluding carboxylic acids is 1. The van der Waals surface area contributed by atoms with Gasteiger partial charge in [0.2, 0.25) is 5.91 Å². The molecule has 0 aliphatic carbocycles. The van der Waals surface area contributed by atoms with Crippen molar-refractivity contribution >= 4 is 16.9 Å². The molecule has 0 aliphatic rings. The zero-order valence-corrected chi connectivity index (χ0v) is 13.2. The maximum atomic E-state index is 12.4. The normalized spacial score (nSPS) is 10.7. The number of hydrogen-bond acceptors (Lipinski definition) is 4. The Morgan fingerprint density at radius 1 is 1.30 bits per heavy atom. The fourth-order valence-corrected chi connectivity index (χ4v) is 2.45. The fourth-order valence-electron chi connectivity index (χ4n) is 2.45. The lowest BCUT2D eigenvalue weighted by Gasteiger charge is -2.16. The van der Waals surface area contributed by atoms with Crippen LogP contribution in [0.25, 0.3) is 11.0 Å². The van der Waals surface area contributed by atoms with Gasteiger partial charge in [-0.05, 0) is 24.3 Å². The topological polar surface area (TPSA) is 55.6 Å². The molecule has 0 bridgehead atoms. The zero-order chi connectivity index (χ0) is 16.2. The van der Waals surface area contributed by atoms with Gasteiger partial charge < -0.3 is 14.1 Å². The molecule has 1 amide bonds. The van der Waals surface area contributed by atoms with Crippen molar-refractivity contribution in [3.8, 4) is 5.75 Å². The smallest absolute Gasteiger partial charge is 0.227 e. The first-order valence-electron chi connectivity index (χ1n) is 7.35. The highest BCUT2D eigenvalue weighted by Crippen LogP contribution is 2.26. The summed E-state index contributed by atoms with van der Waals surface area (Å²) in [5, 5.41) is 0.936. The molecule has 1 aromatic carbocycles. The SMILES string of the molecule is COc1ccc2c(CC(=O)N(C)Cc3ccccn3)coc2c1. The molecule has 0 unspecified atom stereocenters. The van der Waals surface area contributed by atoms with Crippen molar-refractivity contribution in [2.45, 2.75) is 13.0 Å². The van der Waals surface area contributed by atoms with E-state index in [1.807, 2.05) is 36.4 Å². The van der Waals surface area contributed by atoms with E-state index in [-0.39, 0.29) is 5.91 Å². The number of likely N-dealkylation sites (N-methyl/N-ethyl adjacent to an activating group) is 1. The molecule has 2 aromatic heterocycles. The monoisotopic (exact) mass is 310 g/mol. The molecule has 0 fully saturated rings. The third-order valence-corrected chi connectivity index (χ3v) is 3.76. The molecule has 0 saturated heterocycles. The number of rotatable bonds is 5. The number of methoxy groups -OCH3 is 1. The van der Waals surface area contributed by atoms with Gasteiger partial charge in [-0.2, -0.15) is 0 Å². The van der Waals surface area contributed by atoms with E-state index in [2.05, 4.69) is 4.98 Å². The molecule has 3 rings (SSSR count). The van der Waals surface area contributed by atoms with Gasteiger partial charge in [-0.25, -0.2) is 0 Å². The van der Waals surface area contributed by atoms with E-state index < -0.39 is 0 Å². The number of carbonyl (C=O) groups is 1. The average Bonchev–Trinajstić information content (AvgIpc) is 2.97. The highest BCUT2D eigenvalue weighted by molar-refractivity contribution is 5.88. The minimum Gasteiger partial charge on any atom is -0.497 e. The molecule has 23 heavy (non-hydrogen) atoms. The summed E-state index contributed by atoms with van der Waals surface area (Å²) >= 11 is 0. The molecule has 3 aromatic rings. The molecule has 0 spiro atoms. The highest BCUT2D eigenvalue weighted by Gasteiger charge is 2.15. The maximum Gasteiger partial charge on any atom is 0.227 e. The number of fused-ring (bicyclic) bond motifs is 1. The zero-order valence-electron chi connectivity index (χ0n) is 13.2. The molecule has 0 aliphatic heterocycles. The van der Waals surface area contributed by atoms with Crippen LogP contribution in [-0.4, -0.2) is 29.9 Å². The van der Waals surface area contributed by atoms with Gasteiger partial charge in [0, 0.05) is 30.3 Å². The van der Waals surface area contributed by atoms with Crippen LogP contribution in [0.15, 0.2) is 53.3 Å². The van der Waals surface area contributed by atoms with Crippen LogP contribution in [0.3, 0.4) is 0 Å². The molecular formula is C18H18N2O3. The van der Waals surface area contributed by atoms with Gasteiger partial charge in [-0.15, -0.1) is 0 Å². The van der Waals surface area contributed by atoms with E-state index in [9.17, 15) is 4.79 Å². The summed E-state index contributed by atoms with van der Waals surface area (Å²) in [6.07, 6.45) is 3.66. The van der Waals surface area contributed by atoms with Crippen LogP contribution in [0.4, 0.5) is 0 Å². The summed E-state index contributed by atoms with van der Waals surface area (Å²) in [6, 6.07) is 11.3. The summed E-state index contributed by atoms with van der Waals surface area (Å²) in [5.41, 5.74) is 2.46. The second-order valence-electron chi connectivity index (χ2n) is 5.37. The molecule has 5 heteroatoms. The molecule has 5 nitrogen and oxygen atoms in total. The van der Waals surface area contributed by atoms with E-state index in [4.69, 9.17) is 9.15 Å². The number of ether oxygens (including phenoxy) is 1. The second kappa shape index (κ2) is 6.52. The van der Waals surface area contributed by atoms with Gasteiger partial charge in [0.15, 0.2) is 0 Å². The van der Waals surface area contributed by atoms with E-state index >= 15 is 0 Å². The van der Waals surface area contributed by atoms with E-state index in [1.165, 1.54) is 0 Å². The van der Waals surface area contributed by atoms with Crippen LogP contribution in [-0.2, 0) is 17.8 Å². The summed E-state index contributed by atoms with van der Waals surface area (Å²) < 4.78 is 10.7. The van der Waals surface area contributed by atoms with E-state index in [1.54, 1.807) is 31.5 Å². The number of nitrogens with zero attached hydrogens (tertiary/aromatic N) is 2. The van der Waals surface area contributed by atoms with Gasteiger partial charge in [-0.1, -0.05) is 6.07 Å². The molecule has 118 valence electrons. The molecule has 0 radical (unpaired) electrons. The molecule has 0 N–H and O–H groups in total. The molecule has 0 atom stereocenters. The fraction of sp³-hybridized carbons (Fsp3) is 0.222. The largest absolute Gasteiger partial charge is 0.497 e. The van der Waals surface area contributed by atoms with Crippen molar-refractivity contribution in [1.82, 2.24) is 9.88 Å². The van der Waals surface area contributed by atoms with Crippen molar-refractivity contribution in [3.05, 3.63) is 60.1 Å². The average molecular weight is 310 g/mol. The number of benzene rings is 1. The molecule has 2 heterocycles. The molecular weight excluding hydrogens is 292 g/mol. The van der Waals surface area contributed by atoms with Crippen molar-refractivity contribution in [2.24, 2.45) is 0 Å². The third-order valence-electron chi connectivity index (χ3n) is 3.76. The lowest BCUT2D eigenvalue weighted by atomic mass is 10.1. The van der Waals surface area contributed by atoms with Crippen LogP contribution in [0.1, 0.15) is 11.3 Å². The highest BCUT2D eigenvalue weighted by atomic mass is 16.5. The third kappa shape index (κ3) is 3.34. The lowest BCUT2D eigenvalue weighted by Crippen LogP contribution is -2.28. The number of aromatic nitrogens is 1. The van der Waals surface area contributed by atoms with Gasteiger partial charge in [-0.3, -0.25) is 9.78 Å². The van der Waals surface area contributed by atoms with Crippen molar-refractivity contribution in [2.75, 3.05) is 14.2 Å². The minimum atomic E-state index is 0.0224. The Bertz CT molecular complexity index is 812. The quantitative estimate of drug-likeness (QED) is 0.727. The standard InChI is InChI=1S/C18H18N2O3/c1-20(11-14-5-3-4-8-19-14)18(21)9-13-12-23-17-10-15(22-2)6-7-16(13)17/h3-8,10,12H,9,11H2,1-2H3. The lowest BCUT2D eigenvalue weighted by molar-refractivity contribution is -0.129. The number of amides is 1. The first-order valence-corrected chi connectivity index (χ1v) is 7.35. The van der Waals surface area contributed by atoms with Crippen LogP contribution in [0.2, 0.25) is 0 Å². The predicted molar refractivity (Wildman–Crippen MR) is 87.2 cm³/mol.